The molecule has 0 saturated carbocycles. The van der Waals surface area contributed by atoms with E-state index in [1.165, 1.54) is 12.0 Å². The Morgan fingerprint density at radius 3 is 2.62 bits per heavy atom. The van der Waals surface area contributed by atoms with Gasteiger partial charge in [0.2, 0.25) is 0 Å². The van der Waals surface area contributed by atoms with Crippen molar-refractivity contribution in [1.29, 1.82) is 0 Å². The fraction of sp³-hybridized carbons (Fsp3) is 0.846. The van der Waals surface area contributed by atoms with E-state index in [9.17, 15) is 19.8 Å². The van der Waals surface area contributed by atoms with Gasteiger partial charge in [-0.15, -0.1) is 0 Å². The summed E-state index contributed by atoms with van der Waals surface area (Å²) in [6, 6.07) is -1.36. The van der Waals surface area contributed by atoms with Crippen molar-refractivity contribution in [2.45, 2.75) is 37.6 Å². The van der Waals surface area contributed by atoms with Crippen LogP contribution in [0.1, 0.15) is 13.3 Å². The normalized spacial score (nSPS) is 33.3. The molecule has 2 fully saturated rings. The molecule has 0 aromatic rings. The van der Waals surface area contributed by atoms with Gasteiger partial charge in [0.15, 0.2) is 0 Å². The molecule has 2 aliphatic rings. The number of nitrogens with zero attached hydrogens (tertiary/aromatic N) is 2. The van der Waals surface area contributed by atoms with Crippen LogP contribution in [-0.2, 0) is 14.3 Å². The van der Waals surface area contributed by atoms with E-state index < -0.39 is 18.1 Å². The lowest BCUT2D eigenvalue weighted by Crippen LogP contribution is -2.57. The van der Waals surface area contributed by atoms with Crippen LogP contribution in [0.2, 0.25) is 0 Å². The molecule has 0 radical (unpaired) electrons. The molecule has 2 rings (SSSR count). The van der Waals surface area contributed by atoms with Gasteiger partial charge < -0.3 is 29.5 Å². The smallest absolute Gasteiger partial charge is 0.326 e. The third kappa shape index (κ3) is 3.28. The molecule has 8 nitrogen and oxygen atoms in total. The number of carbonyl (C=O) groups excluding carboxylic acids is 1. The number of rotatable bonds is 3. The number of methoxy groups -OCH3 is 1. The number of carbonyl (C=O) groups is 2. The highest BCUT2D eigenvalue weighted by Gasteiger charge is 2.43. The average Bonchev–Trinajstić information content (AvgIpc) is 2.91. The lowest BCUT2D eigenvalue weighted by atomic mass is 10.2. The van der Waals surface area contributed by atoms with Gasteiger partial charge in [0, 0.05) is 20.1 Å². The second kappa shape index (κ2) is 6.59. The Morgan fingerprint density at radius 2 is 2.05 bits per heavy atom. The van der Waals surface area contributed by atoms with E-state index in [-0.39, 0.29) is 37.9 Å². The molecule has 2 N–H and O–H groups in total. The van der Waals surface area contributed by atoms with Gasteiger partial charge in [0.05, 0.1) is 38.0 Å². The molecule has 2 saturated heterocycles. The van der Waals surface area contributed by atoms with Crippen LogP contribution in [0, 0.1) is 0 Å². The molecule has 120 valence electrons. The van der Waals surface area contributed by atoms with E-state index in [0.717, 1.165) is 0 Å². The highest BCUT2D eigenvalue weighted by Crippen LogP contribution is 2.24. The zero-order chi connectivity index (χ0) is 15.6. The maximum absolute atomic E-state index is 12.6. The first kappa shape index (κ1) is 16.0. The van der Waals surface area contributed by atoms with Gasteiger partial charge in [-0.05, 0) is 6.92 Å². The van der Waals surface area contributed by atoms with Crippen LogP contribution >= 0.6 is 0 Å². The minimum atomic E-state index is -1.03. The van der Waals surface area contributed by atoms with Gasteiger partial charge in [-0.2, -0.15) is 0 Å². The van der Waals surface area contributed by atoms with Gasteiger partial charge in [0.25, 0.3) is 0 Å². The van der Waals surface area contributed by atoms with Gasteiger partial charge >= 0.3 is 12.0 Å². The molecule has 4 atom stereocenters. The number of hydrogen-bond donors (Lipinski definition) is 2. The van der Waals surface area contributed by atoms with Crippen molar-refractivity contribution in [1.82, 2.24) is 9.80 Å². The van der Waals surface area contributed by atoms with Crippen molar-refractivity contribution in [2.75, 3.05) is 33.4 Å². The Hall–Kier alpha value is -1.38. The Kier molecular flexibility index (Phi) is 5.02. The SMILES string of the molecule is COC1CC(C(=O)O)N(C(=O)N2CC(CO)OCC2C)C1. The highest BCUT2D eigenvalue weighted by molar-refractivity contribution is 5.83. The fourth-order valence-electron chi connectivity index (χ4n) is 2.77. The summed E-state index contributed by atoms with van der Waals surface area (Å²) in [5, 5.41) is 18.4. The van der Waals surface area contributed by atoms with Gasteiger partial charge in [-0.1, -0.05) is 0 Å². The molecule has 2 aliphatic heterocycles. The number of hydrogen-bond acceptors (Lipinski definition) is 5. The Labute approximate surface area is 123 Å². The van der Waals surface area contributed by atoms with Crippen LogP contribution in [0.5, 0.6) is 0 Å². The maximum Gasteiger partial charge on any atom is 0.326 e. The predicted molar refractivity (Wildman–Crippen MR) is 71.9 cm³/mol. The summed E-state index contributed by atoms with van der Waals surface area (Å²) >= 11 is 0. The number of aliphatic hydroxyl groups is 1. The minimum absolute atomic E-state index is 0.156. The first-order chi connectivity index (χ1) is 9.97. The molecule has 0 bridgehead atoms. The zero-order valence-corrected chi connectivity index (χ0v) is 12.3. The second-order valence-corrected chi connectivity index (χ2v) is 5.52. The lowest BCUT2D eigenvalue weighted by molar-refractivity contribution is -0.141. The van der Waals surface area contributed by atoms with E-state index in [2.05, 4.69) is 0 Å². The Bertz CT molecular complexity index is 404. The monoisotopic (exact) mass is 302 g/mol. The van der Waals surface area contributed by atoms with Crippen LogP contribution in [0.4, 0.5) is 4.79 Å². The molecule has 2 amide bonds. The largest absolute Gasteiger partial charge is 0.480 e. The second-order valence-electron chi connectivity index (χ2n) is 5.52. The summed E-state index contributed by atoms with van der Waals surface area (Å²) in [5.41, 5.74) is 0. The topological polar surface area (TPSA) is 99.5 Å². The molecule has 0 aliphatic carbocycles. The zero-order valence-electron chi connectivity index (χ0n) is 12.3. The molecular formula is C13H22N2O6. The van der Waals surface area contributed by atoms with Crippen molar-refractivity contribution < 1.29 is 29.3 Å². The number of likely N-dealkylation sites (tertiary alicyclic amines) is 1. The number of aliphatic carboxylic acids is 1. The number of carboxylic acid groups (broad SMARTS) is 1. The summed E-state index contributed by atoms with van der Waals surface area (Å²) in [6.45, 7) is 2.53. The van der Waals surface area contributed by atoms with E-state index in [4.69, 9.17) is 9.47 Å². The van der Waals surface area contributed by atoms with Crippen molar-refractivity contribution in [3.05, 3.63) is 0 Å². The Balaban J connectivity index is 2.11. The first-order valence-electron chi connectivity index (χ1n) is 7.03. The third-order valence-electron chi connectivity index (χ3n) is 4.08. The summed E-state index contributed by atoms with van der Waals surface area (Å²) in [4.78, 5) is 26.9. The third-order valence-corrected chi connectivity index (χ3v) is 4.08. The predicted octanol–water partition coefficient (Wildman–Crippen LogP) is -0.638. The molecule has 0 spiro atoms. The van der Waals surface area contributed by atoms with Crippen molar-refractivity contribution in [3.8, 4) is 0 Å². The first-order valence-corrected chi connectivity index (χ1v) is 7.03. The van der Waals surface area contributed by atoms with E-state index >= 15 is 0 Å². The number of aliphatic hydroxyl groups excluding tert-OH is 1. The van der Waals surface area contributed by atoms with Gasteiger partial charge in [0.1, 0.15) is 6.04 Å². The van der Waals surface area contributed by atoms with E-state index in [1.54, 1.807) is 4.90 Å². The minimum Gasteiger partial charge on any atom is -0.480 e. The number of carboxylic acids is 1. The van der Waals surface area contributed by atoms with Crippen LogP contribution in [0.3, 0.4) is 0 Å². The standard InChI is InChI=1S/C13H22N2O6/c1-8-7-21-10(6-16)5-14(8)13(19)15-4-9(20-2)3-11(15)12(17)18/h8-11,16H,3-7H2,1-2H3,(H,17,18). The summed E-state index contributed by atoms with van der Waals surface area (Å²) in [5.74, 6) is -1.03. The fourth-order valence-corrected chi connectivity index (χ4v) is 2.77. The number of ether oxygens (including phenoxy) is 2. The van der Waals surface area contributed by atoms with Crippen molar-refractivity contribution >= 4 is 12.0 Å². The van der Waals surface area contributed by atoms with E-state index in [1.807, 2.05) is 6.92 Å². The quantitative estimate of drug-likeness (QED) is 0.719. The van der Waals surface area contributed by atoms with E-state index in [0.29, 0.717) is 13.0 Å². The Morgan fingerprint density at radius 1 is 1.33 bits per heavy atom. The van der Waals surface area contributed by atoms with Crippen LogP contribution in [-0.4, -0.2) is 89.7 Å². The number of urea groups is 1. The number of amides is 2. The molecule has 4 unspecified atom stereocenters. The van der Waals surface area contributed by atoms with Gasteiger partial charge in [-0.3, -0.25) is 0 Å². The average molecular weight is 302 g/mol. The van der Waals surface area contributed by atoms with Gasteiger partial charge in [-0.25, -0.2) is 9.59 Å². The highest BCUT2D eigenvalue weighted by atomic mass is 16.5. The van der Waals surface area contributed by atoms with Crippen LogP contribution < -0.4 is 0 Å². The molecule has 0 aromatic carbocycles. The number of morpholine rings is 1. The van der Waals surface area contributed by atoms with Crippen LogP contribution in [0.15, 0.2) is 0 Å². The molecule has 21 heavy (non-hydrogen) atoms. The van der Waals surface area contributed by atoms with Crippen LogP contribution in [0.25, 0.3) is 0 Å². The molecule has 2 heterocycles. The molecule has 0 aromatic heterocycles. The summed E-state index contributed by atoms with van der Waals surface area (Å²) < 4.78 is 10.6. The molecule has 8 heteroatoms. The summed E-state index contributed by atoms with van der Waals surface area (Å²) in [6.07, 6.45) is -0.394. The van der Waals surface area contributed by atoms with Crippen molar-refractivity contribution in [2.24, 2.45) is 0 Å². The van der Waals surface area contributed by atoms with Crippen molar-refractivity contribution in [3.63, 3.8) is 0 Å². The summed E-state index contributed by atoms with van der Waals surface area (Å²) in [7, 11) is 1.51. The maximum atomic E-state index is 12.6. The molecular weight excluding hydrogens is 280 g/mol. The lowest BCUT2D eigenvalue weighted by Gasteiger charge is -2.40.